The van der Waals surface area contributed by atoms with Crippen LogP contribution >= 0.6 is 11.6 Å². The SMILES string of the molecule is CC12[C@@H](CCCl)C(=O)CC13C(=O)OC32[C@@H](O)C1=C2CCCCC2=CCC1. The minimum absolute atomic E-state index is 0.104. The van der Waals surface area contributed by atoms with Crippen LogP contribution in [0.15, 0.2) is 22.8 Å². The maximum absolute atomic E-state index is 12.5. The molecule has 4 fully saturated rings. The highest BCUT2D eigenvalue weighted by atomic mass is 35.5. The fraction of sp³-hybridized carbons (Fsp3) is 0.714. The quantitative estimate of drug-likeness (QED) is 0.603. The third kappa shape index (κ3) is 1.56. The average Bonchev–Trinajstić information content (AvgIpc) is 2.87. The summed E-state index contributed by atoms with van der Waals surface area (Å²) in [6, 6.07) is 0. The summed E-state index contributed by atoms with van der Waals surface area (Å²) in [4.78, 5) is 25.0. The van der Waals surface area contributed by atoms with Crippen molar-refractivity contribution in [1.82, 2.24) is 0 Å². The highest BCUT2D eigenvalue weighted by molar-refractivity contribution is 6.18. The van der Waals surface area contributed by atoms with Gasteiger partial charge in [-0.3, -0.25) is 9.59 Å². The molecule has 140 valence electrons. The third-order valence-electron chi connectivity index (χ3n) is 8.17. The number of ether oxygens (including phenoxy) is 1. The molecular weight excluding hydrogens is 352 g/mol. The summed E-state index contributed by atoms with van der Waals surface area (Å²) in [5.74, 6) is -0.113. The number of ketones is 1. The Balaban J connectivity index is 1.57. The van der Waals surface area contributed by atoms with Crippen LogP contribution in [0, 0.1) is 16.7 Å². The highest BCUT2D eigenvalue weighted by Gasteiger charge is 3.04. The first-order chi connectivity index (χ1) is 12.5. The van der Waals surface area contributed by atoms with E-state index in [0.29, 0.717) is 12.3 Å². The molecule has 1 spiro atoms. The van der Waals surface area contributed by atoms with Crippen LogP contribution in [0.3, 0.4) is 0 Å². The Hall–Kier alpha value is -1.13. The first-order valence-electron chi connectivity index (χ1n) is 9.87. The van der Waals surface area contributed by atoms with Crippen LogP contribution in [-0.4, -0.2) is 34.4 Å². The molecule has 5 aliphatic rings. The number of fused-ring (bicyclic) bond motifs is 2. The predicted octanol–water partition coefficient (Wildman–Crippen LogP) is 3.46. The second-order valence-electron chi connectivity index (χ2n) is 8.79. The van der Waals surface area contributed by atoms with E-state index in [4.69, 9.17) is 16.3 Å². The van der Waals surface area contributed by atoms with Gasteiger partial charge in [0.15, 0.2) is 5.60 Å². The number of aliphatic hydroxyl groups is 1. The van der Waals surface area contributed by atoms with Gasteiger partial charge in [-0.25, -0.2) is 0 Å². The van der Waals surface area contributed by atoms with Gasteiger partial charge in [0, 0.05) is 23.6 Å². The lowest BCUT2D eigenvalue weighted by Crippen LogP contribution is -2.55. The van der Waals surface area contributed by atoms with Crippen molar-refractivity contribution < 1.29 is 19.4 Å². The van der Waals surface area contributed by atoms with E-state index in [1.807, 2.05) is 6.92 Å². The summed E-state index contributed by atoms with van der Waals surface area (Å²) >= 11 is 5.95. The fourth-order valence-electron chi connectivity index (χ4n) is 6.96. The first kappa shape index (κ1) is 17.0. The van der Waals surface area contributed by atoms with Gasteiger partial charge in [-0.15, -0.1) is 11.6 Å². The molecule has 5 heteroatoms. The molecular formula is C21H25ClO4. The molecule has 0 aromatic heterocycles. The van der Waals surface area contributed by atoms with Gasteiger partial charge in [0.2, 0.25) is 0 Å². The number of alkyl halides is 1. The van der Waals surface area contributed by atoms with Gasteiger partial charge in [0.1, 0.15) is 17.3 Å². The van der Waals surface area contributed by atoms with E-state index in [1.54, 1.807) is 0 Å². The van der Waals surface area contributed by atoms with E-state index < -0.39 is 22.5 Å². The van der Waals surface area contributed by atoms with Crippen LogP contribution in [0.4, 0.5) is 0 Å². The number of rotatable bonds is 4. The molecule has 26 heavy (non-hydrogen) atoms. The van der Waals surface area contributed by atoms with Crippen molar-refractivity contribution in [1.29, 1.82) is 0 Å². The van der Waals surface area contributed by atoms with E-state index in [2.05, 4.69) is 6.08 Å². The largest absolute Gasteiger partial charge is 0.453 e. The van der Waals surface area contributed by atoms with Crippen LogP contribution < -0.4 is 0 Å². The zero-order valence-corrected chi connectivity index (χ0v) is 15.9. The summed E-state index contributed by atoms with van der Waals surface area (Å²) in [6.45, 7) is 1.97. The highest BCUT2D eigenvalue weighted by Crippen LogP contribution is 2.89. The van der Waals surface area contributed by atoms with E-state index in [-0.39, 0.29) is 24.1 Å². The maximum atomic E-state index is 12.5. The number of hydrogen-bond acceptors (Lipinski definition) is 4. The van der Waals surface area contributed by atoms with Crippen molar-refractivity contribution in [2.24, 2.45) is 16.7 Å². The smallest absolute Gasteiger partial charge is 0.318 e. The molecule has 0 aromatic rings. The second-order valence-corrected chi connectivity index (χ2v) is 9.17. The minimum Gasteiger partial charge on any atom is -0.453 e. The van der Waals surface area contributed by atoms with Crippen molar-refractivity contribution in [3.8, 4) is 0 Å². The Labute approximate surface area is 158 Å². The number of allylic oxidation sites excluding steroid dienone is 3. The molecule has 4 aliphatic carbocycles. The van der Waals surface area contributed by atoms with Gasteiger partial charge >= 0.3 is 5.97 Å². The Morgan fingerprint density at radius 1 is 1.31 bits per heavy atom. The Morgan fingerprint density at radius 3 is 2.81 bits per heavy atom. The first-order valence-corrected chi connectivity index (χ1v) is 10.4. The summed E-state index contributed by atoms with van der Waals surface area (Å²) in [5, 5.41) is 11.5. The molecule has 5 rings (SSSR count). The summed E-state index contributed by atoms with van der Waals surface area (Å²) in [5.41, 5.74) is 1.36. The number of Topliss-reactive ketones (excluding diaryl/α,β-unsaturated/α-hetero) is 1. The lowest BCUT2D eigenvalue weighted by molar-refractivity contribution is -0.199. The molecule has 0 radical (unpaired) electrons. The van der Waals surface area contributed by atoms with Gasteiger partial charge in [0.25, 0.3) is 0 Å². The lowest BCUT2D eigenvalue weighted by atomic mass is 9.74. The van der Waals surface area contributed by atoms with Gasteiger partial charge in [-0.05, 0) is 61.7 Å². The fourth-order valence-corrected chi connectivity index (χ4v) is 7.18. The van der Waals surface area contributed by atoms with Gasteiger partial charge < -0.3 is 9.84 Å². The van der Waals surface area contributed by atoms with Gasteiger partial charge in [0.05, 0.1) is 0 Å². The Kier molecular flexibility index (Phi) is 3.42. The van der Waals surface area contributed by atoms with Crippen LogP contribution in [0.5, 0.6) is 0 Å². The normalized spacial score (nSPS) is 44.4. The number of aliphatic hydroxyl groups excluding tert-OH is 1. The summed E-state index contributed by atoms with van der Waals surface area (Å²) in [6.07, 6.45) is 8.42. The molecule has 1 heterocycles. The van der Waals surface area contributed by atoms with E-state index in [1.165, 1.54) is 17.6 Å². The topological polar surface area (TPSA) is 63.6 Å². The molecule has 1 aliphatic heterocycles. The van der Waals surface area contributed by atoms with Crippen molar-refractivity contribution >= 4 is 23.4 Å². The third-order valence-corrected chi connectivity index (χ3v) is 8.39. The van der Waals surface area contributed by atoms with Crippen molar-refractivity contribution in [2.75, 3.05) is 5.88 Å². The minimum atomic E-state index is -0.913. The zero-order chi connectivity index (χ0) is 18.3. The average molecular weight is 377 g/mol. The Morgan fingerprint density at radius 2 is 2.08 bits per heavy atom. The number of carbonyl (C=O) groups excluding carboxylic acids is 2. The molecule has 1 saturated heterocycles. The predicted molar refractivity (Wildman–Crippen MR) is 96.6 cm³/mol. The molecule has 3 unspecified atom stereocenters. The molecule has 4 nitrogen and oxygen atoms in total. The van der Waals surface area contributed by atoms with Crippen molar-refractivity contribution in [3.63, 3.8) is 0 Å². The molecule has 3 saturated carbocycles. The number of esters is 1. The molecule has 0 aromatic carbocycles. The van der Waals surface area contributed by atoms with Crippen LogP contribution in [0.1, 0.15) is 58.3 Å². The summed E-state index contributed by atoms with van der Waals surface area (Å²) < 4.78 is 5.74. The van der Waals surface area contributed by atoms with Crippen LogP contribution in [0.25, 0.3) is 0 Å². The van der Waals surface area contributed by atoms with Gasteiger partial charge in [-0.2, -0.15) is 0 Å². The maximum Gasteiger partial charge on any atom is 0.318 e. The lowest BCUT2D eigenvalue weighted by Gasteiger charge is -2.41. The molecule has 0 bridgehead atoms. The van der Waals surface area contributed by atoms with Crippen LogP contribution in [0.2, 0.25) is 0 Å². The number of hydrogen-bond donors (Lipinski definition) is 1. The number of halogens is 1. The van der Waals surface area contributed by atoms with Crippen molar-refractivity contribution in [2.45, 2.75) is 70.0 Å². The number of carbonyl (C=O) groups is 2. The van der Waals surface area contributed by atoms with E-state index in [9.17, 15) is 14.7 Å². The molecule has 0 amide bonds. The monoisotopic (exact) mass is 376 g/mol. The van der Waals surface area contributed by atoms with Gasteiger partial charge in [-0.1, -0.05) is 13.0 Å². The second kappa shape index (κ2) is 5.23. The standard InChI is InChI=1S/C21H25ClO4/c1-19-15(9-10-22)16(23)11-20(19)18(25)26-21(19,20)17(24)14-8-4-6-12-5-2-3-7-13(12)14/h6,15,17,24H,2-5,7-11H2,1H3/t15-,17-,19?,20?,21?/m0/s1. The van der Waals surface area contributed by atoms with Crippen LogP contribution in [-0.2, 0) is 14.3 Å². The summed E-state index contributed by atoms with van der Waals surface area (Å²) in [7, 11) is 0. The van der Waals surface area contributed by atoms with E-state index in [0.717, 1.165) is 37.7 Å². The molecule has 1 N–H and O–H groups in total. The zero-order valence-electron chi connectivity index (χ0n) is 15.1. The van der Waals surface area contributed by atoms with E-state index >= 15 is 0 Å². The Bertz CT molecular complexity index is 783. The van der Waals surface area contributed by atoms with Crippen molar-refractivity contribution in [3.05, 3.63) is 22.8 Å². The molecule has 5 atom stereocenters.